The monoisotopic (exact) mass is 240 g/mol. The molecule has 0 aliphatic heterocycles. The van der Waals surface area contributed by atoms with Crippen LogP contribution in [-0.2, 0) is 4.79 Å². The summed E-state index contributed by atoms with van der Waals surface area (Å²) in [6, 6.07) is 2.71. The minimum Gasteiger partial charge on any atom is -0.508 e. The van der Waals surface area contributed by atoms with Gasteiger partial charge in [0.05, 0.1) is 5.02 Å². The van der Waals surface area contributed by atoms with E-state index in [1.807, 2.05) is 0 Å². The zero-order valence-corrected chi connectivity index (χ0v) is 10.1. The number of Topliss-reactive ketones (excluding diaryl/α,β-unsaturated/α-hetero) is 2. The molecule has 1 aromatic rings. The SMILES string of the molecule is Cc1cc(C(=O)C(=O)C(C)C)c(Cl)cc1O. The molecule has 1 N–H and O–H groups in total. The molecule has 0 saturated heterocycles. The largest absolute Gasteiger partial charge is 0.508 e. The molecule has 0 amide bonds. The standard InChI is InChI=1S/C12H13ClO3/c1-6(2)11(15)12(16)8-4-7(3)10(14)5-9(8)13/h4-6,14H,1-3H3. The van der Waals surface area contributed by atoms with Gasteiger partial charge < -0.3 is 5.11 Å². The predicted octanol–water partition coefficient (Wildman–Crippen LogP) is 2.76. The number of ketones is 2. The molecule has 0 saturated carbocycles. The van der Waals surface area contributed by atoms with Gasteiger partial charge >= 0.3 is 0 Å². The molecule has 0 fully saturated rings. The molecule has 1 aromatic carbocycles. The lowest BCUT2D eigenvalue weighted by Crippen LogP contribution is -2.20. The van der Waals surface area contributed by atoms with Crippen LogP contribution in [0.5, 0.6) is 5.75 Å². The van der Waals surface area contributed by atoms with Crippen LogP contribution in [-0.4, -0.2) is 16.7 Å². The molecule has 16 heavy (non-hydrogen) atoms. The Hall–Kier alpha value is -1.35. The normalized spacial score (nSPS) is 10.6. The third-order valence-electron chi connectivity index (χ3n) is 2.28. The first kappa shape index (κ1) is 12.7. The quantitative estimate of drug-likeness (QED) is 0.653. The first-order valence-electron chi connectivity index (χ1n) is 4.92. The van der Waals surface area contributed by atoms with Gasteiger partial charge in [0.15, 0.2) is 0 Å². The van der Waals surface area contributed by atoms with E-state index in [2.05, 4.69) is 0 Å². The number of carbonyl (C=O) groups is 2. The number of aromatic hydroxyl groups is 1. The van der Waals surface area contributed by atoms with Crippen molar-refractivity contribution < 1.29 is 14.7 Å². The zero-order valence-electron chi connectivity index (χ0n) is 9.37. The lowest BCUT2D eigenvalue weighted by atomic mass is 9.98. The van der Waals surface area contributed by atoms with Crippen LogP contribution >= 0.6 is 11.6 Å². The Morgan fingerprint density at radius 1 is 1.31 bits per heavy atom. The molecule has 86 valence electrons. The summed E-state index contributed by atoms with van der Waals surface area (Å²) in [6.45, 7) is 4.95. The Morgan fingerprint density at radius 2 is 1.88 bits per heavy atom. The number of hydrogen-bond donors (Lipinski definition) is 1. The summed E-state index contributed by atoms with van der Waals surface area (Å²) in [7, 11) is 0. The first-order chi connectivity index (χ1) is 7.34. The number of hydrogen-bond acceptors (Lipinski definition) is 3. The van der Waals surface area contributed by atoms with Crippen LogP contribution in [0.1, 0.15) is 29.8 Å². The molecule has 0 spiro atoms. The van der Waals surface area contributed by atoms with E-state index in [4.69, 9.17) is 11.6 Å². The van der Waals surface area contributed by atoms with Crippen LogP contribution in [0.2, 0.25) is 5.02 Å². The van der Waals surface area contributed by atoms with E-state index in [-0.39, 0.29) is 22.3 Å². The van der Waals surface area contributed by atoms with Crippen molar-refractivity contribution in [3.63, 3.8) is 0 Å². The van der Waals surface area contributed by atoms with E-state index in [0.717, 1.165) is 0 Å². The number of phenolic OH excluding ortho intramolecular Hbond substituents is 1. The molecule has 0 bridgehead atoms. The minimum atomic E-state index is -0.608. The fourth-order valence-electron chi connectivity index (χ4n) is 1.24. The van der Waals surface area contributed by atoms with Crippen LogP contribution in [0, 0.1) is 12.8 Å². The van der Waals surface area contributed by atoms with Gasteiger partial charge in [0, 0.05) is 11.5 Å². The Labute approximate surface area is 99.0 Å². The predicted molar refractivity (Wildman–Crippen MR) is 62.0 cm³/mol. The Kier molecular flexibility index (Phi) is 3.70. The number of rotatable bonds is 3. The summed E-state index contributed by atoms with van der Waals surface area (Å²) >= 11 is 5.81. The highest BCUT2D eigenvalue weighted by Gasteiger charge is 2.22. The van der Waals surface area contributed by atoms with E-state index in [1.165, 1.54) is 12.1 Å². The highest BCUT2D eigenvalue weighted by atomic mass is 35.5. The van der Waals surface area contributed by atoms with Crippen molar-refractivity contribution in [1.29, 1.82) is 0 Å². The molecule has 4 heteroatoms. The number of halogens is 1. The molecule has 3 nitrogen and oxygen atoms in total. The highest BCUT2D eigenvalue weighted by molar-refractivity contribution is 6.48. The van der Waals surface area contributed by atoms with Crippen LogP contribution in [0.3, 0.4) is 0 Å². The van der Waals surface area contributed by atoms with Gasteiger partial charge in [0.2, 0.25) is 11.6 Å². The van der Waals surface area contributed by atoms with Gasteiger partial charge in [-0.05, 0) is 24.6 Å². The van der Waals surface area contributed by atoms with Crippen molar-refractivity contribution in [2.45, 2.75) is 20.8 Å². The number of aryl methyl sites for hydroxylation is 1. The van der Waals surface area contributed by atoms with Crippen LogP contribution in [0.25, 0.3) is 0 Å². The van der Waals surface area contributed by atoms with Crippen molar-refractivity contribution in [3.8, 4) is 5.75 Å². The van der Waals surface area contributed by atoms with Crippen LogP contribution < -0.4 is 0 Å². The van der Waals surface area contributed by atoms with Gasteiger partial charge in [-0.1, -0.05) is 25.4 Å². The molecule has 0 aliphatic carbocycles. The Balaban J connectivity index is 3.19. The molecule has 0 aromatic heterocycles. The van der Waals surface area contributed by atoms with E-state index in [9.17, 15) is 14.7 Å². The van der Waals surface area contributed by atoms with Gasteiger partial charge in [0.25, 0.3) is 0 Å². The molecule has 1 rings (SSSR count). The number of carbonyl (C=O) groups excluding carboxylic acids is 2. The highest BCUT2D eigenvalue weighted by Crippen LogP contribution is 2.26. The lowest BCUT2D eigenvalue weighted by molar-refractivity contribution is -0.117. The van der Waals surface area contributed by atoms with Crippen molar-refractivity contribution in [1.82, 2.24) is 0 Å². The second-order valence-electron chi connectivity index (χ2n) is 3.97. The average Bonchev–Trinajstić information content (AvgIpc) is 2.21. The third kappa shape index (κ3) is 2.42. The van der Waals surface area contributed by atoms with Gasteiger partial charge in [-0.25, -0.2) is 0 Å². The van der Waals surface area contributed by atoms with Crippen molar-refractivity contribution in [2.75, 3.05) is 0 Å². The molecule has 0 radical (unpaired) electrons. The van der Waals surface area contributed by atoms with Crippen molar-refractivity contribution in [2.24, 2.45) is 5.92 Å². The van der Waals surface area contributed by atoms with Crippen molar-refractivity contribution in [3.05, 3.63) is 28.3 Å². The minimum absolute atomic E-state index is 0.0125. The second kappa shape index (κ2) is 4.66. The molecular weight excluding hydrogens is 228 g/mol. The van der Waals surface area contributed by atoms with E-state index >= 15 is 0 Å². The second-order valence-corrected chi connectivity index (χ2v) is 4.37. The van der Waals surface area contributed by atoms with E-state index < -0.39 is 11.6 Å². The summed E-state index contributed by atoms with van der Waals surface area (Å²) in [4.78, 5) is 23.3. The lowest BCUT2D eigenvalue weighted by Gasteiger charge is -2.07. The van der Waals surface area contributed by atoms with Crippen LogP contribution in [0.15, 0.2) is 12.1 Å². The fraction of sp³-hybridized carbons (Fsp3) is 0.333. The summed E-state index contributed by atoms with van der Waals surface area (Å²) in [5.41, 5.74) is 0.667. The Morgan fingerprint density at radius 3 is 2.38 bits per heavy atom. The topological polar surface area (TPSA) is 54.4 Å². The molecular formula is C12H13ClO3. The fourth-order valence-corrected chi connectivity index (χ4v) is 1.48. The van der Waals surface area contributed by atoms with Crippen molar-refractivity contribution >= 4 is 23.2 Å². The number of phenols is 1. The van der Waals surface area contributed by atoms with Gasteiger partial charge in [-0.15, -0.1) is 0 Å². The summed E-state index contributed by atoms with van der Waals surface area (Å²) < 4.78 is 0. The van der Waals surface area contributed by atoms with Gasteiger partial charge in [0.1, 0.15) is 5.75 Å². The maximum Gasteiger partial charge on any atom is 0.230 e. The molecule has 0 atom stereocenters. The summed E-state index contributed by atoms with van der Waals surface area (Å²) in [5.74, 6) is -1.44. The average molecular weight is 241 g/mol. The smallest absolute Gasteiger partial charge is 0.230 e. The third-order valence-corrected chi connectivity index (χ3v) is 2.59. The Bertz CT molecular complexity index is 450. The summed E-state index contributed by atoms with van der Waals surface area (Å²) in [5, 5.41) is 9.47. The molecule has 0 aliphatic rings. The maximum absolute atomic E-state index is 11.8. The number of benzene rings is 1. The maximum atomic E-state index is 11.8. The van der Waals surface area contributed by atoms with Gasteiger partial charge in [-0.2, -0.15) is 0 Å². The summed E-state index contributed by atoms with van der Waals surface area (Å²) in [6.07, 6.45) is 0. The van der Waals surface area contributed by atoms with E-state index in [1.54, 1.807) is 20.8 Å². The zero-order chi connectivity index (χ0) is 12.5. The van der Waals surface area contributed by atoms with Crippen LogP contribution in [0.4, 0.5) is 0 Å². The first-order valence-corrected chi connectivity index (χ1v) is 5.30. The van der Waals surface area contributed by atoms with Gasteiger partial charge in [-0.3, -0.25) is 9.59 Å². The molecule has 0 unspecified atom stereocenters. The molecule has 0 heterocycles. The van der Waals surface area contributed by atoms with E-state index in [0.29, 0.717) is 5.56 Å².